The van der Waals surface area contributed by atoms with Crippen LogP contribution in [0, 0.1) is 5.92 Å². The zero-order valence-corrected chi connectivity index (χ0v) is 11.3. The maximum Gasteiger partial charge on any atom is 0.0175 e. The van der Waals surface area contributed by atoms with Gasteiger partial charge in [-0.2, -0.15) is 0 Å². The first kappa shape index (κ1) is 12.1. The molecule has 0 aliphatic heterocycles. The Morgan fingerprint density at radius 2 is 1.81 bits per heavy atom. The Balaban J connectivity index is 1.62. The summed E-state index contributed by atoms with van der Waals surface area (Å²) in [6, 6.07) is 8.63. The highest BCUT2D eigenvalue weighted by Gasteiger charge is 2.13. The van der Waals surface area contributed by atoms with Gasteiger partial charge >= 0.3 is 0 Å². The van der Waals surface area contributed by atoms with Gasteiger partial charge in [-0.05, 0) is 56.0 Å². The molecule has 1 N–H and O–H groups in total. The van der Waals surface area contributed by atoms with Crippen LogP contribution in [-0.2, 0) is 6.42 Å². The lowest BCUT2D eigenvalue weighted by Gasteiger charge is -2.10. The minimum atomic E-state index is 0.949. The van der Waals surface area contributed by atoms with Gasteiger partial charge in [-0.3, -0.25) is 0 Å². The van der Waals surface area contributed by atoms with Crippen LogP contribution in [0.3, 0.4) is 0 Å². The van der Waals surface area contributed by atoms with Gasteiger partial charge in [0.25, 0.3) is 0 Å². The summed E-state index contributed by atoms with van der Waals surface area (Å²) in [5, 5.41) is 3.58. The molecule has 1 aliphatic carbocycles. The Labute approximate surface area is 107 Å². The molecule has 0 bridgehead atoms. The first-order chi connectivity index (χ1) is 7.84. The normalized spacial score (nSPS) is 16.8. The molecule has 2 heteroatoms. The smallest absolute Gasteiger partial charge is 0.0175 e. The lowest BCUT2D eigenvalue weighted by atomic mass is 10.1. The number of halogens is 1. The SMILES string of the molecule is Brc1ccc(CCNCC2CCCC2)cc1. The van der Waals surface area contributed by atoms with Gasteiger partial charge in [0.15, 0.2) is 0 Å². The van der Waals surface area contributed by atoms with Crippen LogP contribution in [0.2, 0.25) is 0 Å². The largest absolute Gasteiger partial charge is 0.316 e. The first-order valence-electron chi connectivity index (χ1n) is 6.30. The molecule has 1 aromatic rings. The molecule has 16 heavy (non-hydrogen) atoms. The van der Waals surface area contributed by atoms with Gasteiger partial charge in [0.1, 0.15) is 0 Å². The van der Waals surface area contributed by atoms with Gasteiger partial charge in [0.05, 0.1) is 0 Å². The standard InChI is InChI=1S/C14H20BrN/c15-14-7-5-12(6-8-14)9-10-16-11-13-3-1-2-4-13/h5-8,13,16H,1-4,9-11H2. The zero-order valence-electron chi connectivity index (χ0n) is 9.71. The molecule has 1 nitrogen and oxygen atoms in total. The second-order valence-electron chi connectivity index (χ2n) is 4.73. The summed E-state index contributed by atoms with van der Waals surface area (Å²) in [5.41, 5.74) is 1.42. The minimum absolute atomic E-state index is 0.949. The van der Waals surface area contributed by atoms with E-state index in [0.717, 1.165) is 23.4 Å². The van der Waals surface area contributed by atoms with E-state index in [4.69, 9.17) is 0 Å². The molecule has 1 fully saturated rings. The van der Waals surface area contributed by atoms with Crippen molar-refractivity contribution in [3.05, 3.63) is 34.3 Å². The van der Waals surface area contributed by atoms with Crippen LogP contribution in [0.15, 0.2) is 28.7 Å². The fourth-order valence-electron chi connectivity index (χ4n) is 2.40. The van der Waals surface area contributed by atoms with E-state index in [1.165, 1.54) is 37.8 Å². The van der Waals surface area contributed by atoms with Crippen LogP contribution < -0.4 is 5.32 Å². The summed E-state index contributed by atoms with van der Waals surface area (Å²) < 4.78 is 1.16. The van der Waals surface area contributed by atoms with Gasteiger partial charge in [-0.25, -0.2) is 0 Å². The maximum atomic E-state index is 3.58. The molecule has 1 saturated carbocycles. The number of hydrogen-bond donors (Lipinski definition) is 1. The molecule has 0 atom stereocenters. The first-order valence-corrected chi connectivity index (χ1v) is 7.09. The molecule has 0 amide bonds. The third-order valence-electron chi connectivity index (χ3n) is 3.41. The van der Waals surface area contributed by atoms with Crippen LogP contribution in [0.25, 0.3) is 0 Å². The number of hydrogen-bond acceptors (Lipinski definition) is 1. The van der Waals surface area contributed by atoms with Gasteiger partial charge in [-0.1, -0.05) is 40.9 Å². The fraction of sp³-hybridized carbons (Fsp3) is 0.571. The molecule has 0 spiro atoms. The van der Waals surface area contributed by atoms with Crippen molar-refractivity contribution in [3.63, 3.8) is 0 Å². The summed E-state index contributed by atoms with van der Waals surface area (Å²) in [7, 11) is 0. The predicted octanol–water partition coefficient (Wildman–Crippen LogP) is 3.77. The van der Waals surface area contributed by atoms with Crippen molar-refractivity contribution in [2.24, 2.45) is 5.92 Å². The second-order valence-corrected chi connectivity index (χ2v) is 5.65. The lowest BCUT2D eigenvalue weighted by molar-refractivity contribution is 0.492. The van der Waals surface area contributed by atoms with Gasteiger partial charge in [0, 0.05) is 4.47 Å². The molecule has 1 aliphatic rings. The van der Waals surface area contributed by atoms with Crippen LogP contribution in [0.1, 0.15) is 31.2 Å². The van der Waals surface area contributed by atoms with Crippen LogP contribution in [0.5, 0.6) is 0 Å². The van der Waals surface area contributed by atoms with Crippen LogP contribution in [0.4, 0.5) is 0 Å². The monoisotopic (exact) mass is 281 g/mol. The molecular weight excluding hydrogens is 262 g/mol. The Hall–Kier alpha value is -0.340. The highest BCUT2D eigenvalue weighted by molar-refractivity contribution is 9.10. The van der Waals surface area contributed by atoms with Gasteiger partial charge in [-0.15, -0.1) is 0 Å². The van der Waals surface area contributed by atoms with E-state index < -0.39 is 0 Å². The van der Waals surface area contributed by atoms with Crippen molar-refractivity contribution in [1.29, 1.82) is 0 Å². The molecule has 0 saturated heterocycles. The third-order valence-corrected chi connectivity index (χ3v) is 3.94. The Kier molecular flexibility index (Phi) is 4.86. The van der Waals surface area contributed by atoms with Crippen molar-refractivity contribution in [1.82, 2.24) is 5.32 Å². The van der Waals surface area contributed by atoms with E-state index in [1.54, 1.807) is 0 Å². The van der Waals surface area contributed by atoms with Crippen LogP contribution in [-0.4, -0.2) is 13.1 Å². The zero-order chi connectivity index (χ0) is 11.2. The molecule has 0 heterocycles. The Morgan fingerprint density at radius 1 is 1.12 bits per heavy atom. The lowest BCUT2D eigenvalue weighted by Crippen LogP contribution is -2.23. The van der Waals surface area contributed by atoms with E-state index >= 15 is 0 Å². The number of nitrogens with one attached hydrogen (secondary N) is 1. The summed E-state index contributed by atoms with van der Waals surface area (Å²) in [6.07, 6.45) is 6.90. The predicted molar refractivity (Wildman–Crippen MR) is 72.7 cm³/mol. The minimum Gasteiger partial charge on any atom is -0.316 e. The highest BCUT2D eigenvalue weighted by atomic mass is 79.9. The van der Waals surface area contributed by atoms with Crippen molar-refractivity contribution in [3.8, 4) is 0 Å². The second kappa shape index (κ2) is 6.41. The van der Waals surface area contributed by atoms with Gasteiger partial charge in [0.2, 0.25) is 0 Å². The average molecular weight is 282 g/mol. The summed E-state index contributed by atoms with van der Waals surface area (Å²) in [5.74, 6) is 0.949. The van der Waals surface area contributed by atoms with E-state index in [-0.39, 0.29) is 0 Å². The summed E-state index contributed by atoms with van der Waals surface area (Å²) >= 11 is 3.46. The van der Waals surface area contributed by atoms with Crippen molar-refractivity contribution in [2.45, 2.75) is 32.1 Å². The van der Waals surface area contributed by atoms with E-state index in [0.29, 0.717) is 0 Å². The quantitative estimate of drug-likeness (QED) is 0.811. The van der Waals surface area contributed by atoms with Crippen LogP contribution >= 0.6 is 15.9 Å². The van der Waals surface area contributed by atoms with E-state index in [1.807, 2.05) is 0 Å². The molecule has 88 valence electrons. The molecule has 0 radical (unpaired) electrons. The number of rotatable bonds is 5. The third kappa shape index (κ3) is 3.91. The van der Waals surface area contributed by atoms with E-state index in [9.17, 15) is 0 Å². The molecule has 0 unspecified atom stereocenters. The van der Waals surface area contributed by atoms with Crippen molar-refractivity contribution in [2.75, 3.05) is 13.1 Å². The Bertz CT molecular complexity index is 301. The van der Waals surface area contributed by atoms with E-state index in [2.05, 4.69) is 45.5 Å². The number of benzene rings is 1. The fourth-order valence-corrected chi connectivity index (χ4v) is 2.67. The Morgan fingerprint density at radius 3 is 2.50 bits per heavy atom. The molecular formula is C14H20BrN. The summed E-state index contributed by atoms with van der Waals surface area (Å²) in [6.45, 7) is 2.33. The molecule has 0 aromatic heterocycles. The topological polar surface area (TPSA) is 12.0 Å². The van der Waals surface area contributed by atoms with Crippen molar-refractivity contribution < 1.29 is 0 Å². The maximum absolute atomic E-state index is 3.58. The summed E-state index contributed by atoms with van der Waals surface area (Å²) in [4.78, 5) is 0. The average Bonchev–Trinajstić information content (AvgIpc) is 2.80. The molecule has 2 rings (SSSR count). The highest BCUT2D eigenvalue weighted by Crippen LogP contribution is 2.23. The molecule has 1 aromatic carbocycles. The van der Waals surface area contributed by atoms with Crippen molar-refractivity contribution >= 4 is 15.9 Å². The van der Waals surface area contributed by atoms with Gasteiger partial charge < -0.3 is 5.32 Å².